The third-order valence-corrected chi connectivity index (χ3v) is 5.78. The fourth-order valence-electron chi connectivity index (χ4n) is 2.92. The number of ether oxygens (including phenoxy) is 1. The van der Waals surface area contributed by atoms with Crippen LogP contribution in [0.5, 0.6) is 5.75 Å². The van der Waals surface area contributed by atoms with E-state index in [-0.39, 0.29) is 17.4 Å². The molecular weight excluding hydrogens is 402 g/mol. The van der Waals surface area contributed by atoms with Gasteiger partial charge in [-0.2, -0.15) is 0 Å². The number of rotatable bonds is 3. The Morgan fingerprint density at radius 1 is 1.31 bits per heavy atom. The quantitative estimate of drug-likeness (QED) is 0.733. The van der Waals surface area contributed by atoms with Crippen LogP contribution in [0.25, 0.3) is 0 Å². The van der Waals surface area contributed by atoms with E-state index in [9.17, 15) is 12.8 Å². The average molecular weight is 421 g/mol. The van der Waals surface area contributed by atoms with Gasteiger partial charge >= 0.3 is 0 Å². The summed E-state index contributed by atoms with van der Waals surface area (Å²) in [6.45, 7) is 3.71. The molecule has 0 saturated heterocycles. The molecule has 2 aromatic rings. The molecule has 142 valence electrons. The number of nitrogen functional groups attached to an aromatic ring is 1. The van der Waals surface area contributed by atoms with E-state index in [0.29, 0.717) is 23.4 Å². The number of sulfonamides is 1. The number of fused-ring (bicyclic) bond motifs is 1. The summed E-state index contributed by atoms with van der Waals surface area (Å²) in [5, 5.41) is -0.250. The molecule has 0 bridgehead atoms. The summed E-state index contributed by atoms with van der Waals surface area (Å²) >= 11 is 5.71. The molecule has 26 heavy (non-hydrogen) atoms. The Balaban J connectivity index is 0.00000243. The number of hydrogen-bond acceptors (Lipinski definition) is 4. The summed E-state index contributed by atoms with van der Waals surface area (Å²) in [6, 6.07) is 8.30. The second kappa shape index (κ2) is 7.23. The van der Waals surface area contributed by atoms with Crippen LogP contribution in [0.3, 0.4) is 0 Å². The van der Waals surface area contributed by atoms with Crippen LogP contribution in [0.2, 0.25) is 5.02 Å². The summed E-state index contributed by atoms with van der Waals surface area (Å²) < 4.78 is 48.0. The van der Waals surface area contributed by atoms with Gasteiger partial charge in [0.25, 0.3) is 0 Å². The molecule has 1 unspecified atom stereocenters. The number of benzene rings is 2. The van der Waals surface area contributed by atoms with Crippen LogP contribution < -0.4 is 15.2 Å². The van der Waals surface area contributed by atoms with Crippen LogP contribution in [0.1, 0.15) is 31.9 Å². The highest BCUT2D eigenvalue weighted by Gasteiger charge is 2.36. The highest BCUT2D eigenvalue weighted by molar-refractivity contribution is 7.89. The lowest BCUT2D eigenvalue weighted by Crippen LogP contribution is -2.41. The summed E-state index contributed by atoms with van der Waals surface area (Å²) in [5.74, 6) is -0.430. The van der Waals surface area contributed by atoms with Gasteiger partial charge in [0.15, 0.2) is 5.82 Å². The molecule has 3 N–H and O–H groups in total. The predicted octanol–water partition coefficient (Wildman–Crippen LogP) is 4.06. The minimum Gasteiger partial charge on any atom is -0.487 e. The van der Waals surface area contributed by atoms with Crippen LogP contribution in [0.15, 0.2) is 41.3 Å². The van der Waals surface area contributed by atoms with Crippen molar-refractivity contribution in [3.8, 4) is 5.75 Å². The molecule has 0 aromatic heterocycles. The summed E-state index contributed by atoms with van der Waals surface area (Å²) in [7, 11) is -4.12. The maximum Gasteiger partial charge on any atom is 0.244 e. The normalized spacial score (nSPS) is 18.4. The van der Waals surface area contributed by atoms with E-state index in [2.05, 4.69) is 4.72 Å². The van der Waals surface area contributed by atoms with Crippen molar-refractivity contribution < 1.29 is 17.5 Å². The van der Waals surface area contributed by atoms with Crippen LogP contribution in [0.4, 0.5) is 10.1 Å². The van der Waals surface area contributed by atoms with Crippen molar-refractivity contribution in [3.63, 3.8) is 0 Å². The molecule has 0 aliphatic carbocycles. The third kappa shape index (κ3) is 4.06. The largest absolute Gasteiger partial charge is 0.487 e. The first kappa shape index (κ1) is 20.8. The van der Waals surface area contributed by atoms with Crippen molar-refractivity contribution >= 4 is 39.7 Å². The smallest absolute Gasteiger partial charge is 0.244 e. The Bertz CT molecular complexity index is 936. The molecule has 0 fully saturated rings. The highest BCUT2D eigenvalue weighted by atomic mass is 35.5. The molecule has 5 nitrogen and oxygen atoms in total. The lowest BCUT2D eigenvalue weighted by molar-refractivity contribution is 0.0702. The average Bonchev–Trinajstić information content (AvgIpc) is 2.49. The van der Waals surface area contributed by atoms with Crippen LogP contribution in [0, 0.1) is 5.82 Å². The maximum absolute atomic E-state index is 14.2. The molecule has 1 aliphatic rings. The van der Waals surface area contributed by atoms with Crippen LogP contribution in [-0.4, -0.2) is 14.0 Å². The van der Waals surface area contributed by atoms with Crippen molar-refractivity contribution in [1.82, 2.24) is 4.72 Å². The first-order chi connectivity index (χ1) is 11.6. The minimum atomic E-state index is -4.12. The van der Waals surface area contributed by atoms with Crippen LogP contribution in [-0.2, 0) is 10.0 Å². The van der Waals surface area contributed by atoms with Gasteiger partial charge in [0, 0.05) is 17.7 Å². The fraction of sp³-hybridized carbons (Fsp3) is 0.294. The fourth-order valence-corrected chi connectivity index (χ4v) is 4.47. The van der Waals surface area contributed by atoms with Gasteiger partial charge in [-0.25, -0.2) is 17.5 Å². The molecule has 1 heterocycles. The maximum atomic E-state index is 14.2. The zero-order valence-electron chi connectivity index (χ0n) is 14.1. The molecule has 1 atom stereocenters. The van der Waals surface area contributed by atoms with Gasteiger partial charge in [-0.3, -0.25) is 0 Å². The summed E-state index contributed by atoms with van der Waals surface area (Å²) in [4.78, 5) is -0.491. The monoisotopic (exact) mass is 420 g/mol. The lowest BCUT2D eigenvalue weighted by atomic mass is 9.90. The Labute approximate surface area is 163 Å². The number of nitrogens with two attached hydrogens (primary N) is 1. The van der Waals surface area contributed by atoms with Crippen molar-refractivity contribution in [1.29, 1.82) is 0 Å². The van der Waals surface area contributed by atoms with Crippen molar-refractivity contribution in [2.75, 3.05) is 5.73 Å². The topological polar surface area (TPSA) is 81.4 Å². The summed E-state index contributed by atoms with van der Waals surface area (Å²) in [6.07, 6.45) is 0.366. The number of anilines is 1. The molecule has 0 radical (unpaired) electrons. The molecule has 3 rings (SSSR count). The third-order valence-electron chi connectivity index (χ3n) is 3.99. The van der Waals surface area contributed by atoms with E-state index in [4.69, 9.17) is 22.1 Å². The first-order valence-electron chi connectivity index (χ1n) is 7.64. The SMILES string of the molecule is CC1(C)CC(NS(=O)(=O)c2cccc(Cl)c2F)c2cc(N)ccc2O1.Cl. The molecule has 9 heteroatoms. The standard InChI is InChI=1S/C17H18ClFN2O3S.ClH/c1-17(2)9-13(11-8-10(20)6-7-14(11)24-17)21-25(22,23)15-5-3-4-12(18)16(15)19;/h3-8,13,21H,9,20H2,1-2H3;1H. The zero-order chi connectivity index (χ0) is 18.4. The van der Waals surface area contributed by atoms with Gasteiger partial charge in [-0.1, -0.05) is 17.7 Å². The van der Waals surface area contributed by atoms with E-state index in [1.165, 1.54) is 18.2 Å². The molecule has 1 aliphatic heterocycles. The van der Waals surface area contributed by atoms with Gasteiger partial charge in [-0.05, 0) is 44.2 Å². The minimum absolute atomic E-state index is 0. The van der Waals surface area contributed by atoms with Gasteiger partial charge in [0.1, 0.15) is 16.2 Å². The second-order valence-electron chi connectivity index (χ2n) is 6.59. The predicted molar refractivity (Wildman–Crippen MR) is 102 cm³/mol. The van der Waals surface area contributed by atoms with Gasteiger partial charge in [0.05, 0.1) is 11.1 Å². The molecule has 0 saturated carbocycles. The van der Waals surface area contributed by atoms with E-state index < -0.39 is 32.4 Å². The zero-order valence-corrected chi connectivity index (χ0v) is 16.5. The molecule has 0 amide bonds. The van der Waals surface area contributed by atoms with E-state index in [1.807, 2.05) is 13.8 Å². The number of halogens is 3. The van der Waals surface area contributed by atoms with Gasteiger partial charge in [-0.15, -0.1) is 12.4 Å². The van der Waals surface area contributed by atoms with E-state index in [1.54, 1.807) is 18.2 Å². The Morgan fingerprint density at radius 3 is 2.69 bits per heavy atom. The van der Waals surface area contributed by atoms with E-state index in [0.717, 1.165) is 0 Å². The van der Waals surface area contributed by atoms with Gasteiger partial charge < -0.3 is 10.5 Å². The number of hydrogen-bond donors (Lipinski definition) is 2. The van der Waals surface area contributed by atoms with Crippen LogP contribution >= 0.6 is 24.0 Å². The second-order valence-corrected chi connectivity index (χ2v) is 8.68. The van der Waals surface area contributed by atoms with Crippen molar-refractivity contribution in [3.05, 3.63) is 52.8 Å². The molecule has 0 spiro atoms. The van der Waals surface area contributed by atoms with E-state index >= 15 is 0 Å². The van der Waals surface area contributed by atoms with Gasteiger partial charge in [0.2, 0.25) is 10.0 Å². The highest BCUT2D eigenvalue weighted by Crippen LogP contribution is 2.41. The Kier molecular flexibility index (Phi) is 5.77. The Morgan fingerprint density at radius 2 is 2.00 bits per heavy atom. The number of nitrogens with one attached hydrogen (secondary N) is 1. The van der Waals surface area contributed by atoms with Crippen molar-refractivity contribution in [2.24, 2.45) is 0 Å². The molecule has 2 aromatic carbocycles. The summed E-state index contributed by atoms with van der Waals surface area (Å²) in [5.41, 5.74) is 6.33. The first-order valence-corrected chi connectivity index (χ1v) is 9.50. The molecular formula is C17H19Cl2FN2O3S. The van der Waals surface area contributed by atoms with Crippen molar-refractivity contribution in [2.45, 2.75) is 36.8 Å². The Hall–Kier alpha value is -1.54. The lowest BCUT2D eigenvalue weighted by Gasteiger charge is -2.37.